The molecule has 0 aliphatic heterocycles. The number of hydrogen-bond acceptors (Lipinski definition) is 3. The number of nitrogens with two attached hydrogens (primary N) is 1. The molecule has 0 heterocycles. The van der Waals surface area contributed by atoms with Crippen LogP contribution in [0, 0.1) is 6.92 Å². The molecular formula is C19H23N3O2. The van der Waals surface area contributed by atoms with Crippen molar-refractivity contribution in [3.05, 3.63) is 71.3 Å². The van der Waals surface area contributed by atoms with Crippen molar-refractivity contribution >= 4 is 11.8 Å². The second kappa shape index (κ2) is 8.26. The van der Waals surface area contributed by atoms with Gasteiger partial charge in [0.1, 0.15) is 6.04 Å². The molecular weight excluding hydrogens is 302 g/mol. The monoisotopic (exact) mass is 325 g/mol. The molecule has 0 spiro atoms. The summed E-state index contributed by atoms with van der Waals surface area (Å²) in [6.45, 7) is 2.40. The average molecular weight is 325 g/mol. The van der Waals surface area contributed by atoms with E-state index in [9.17, 15) is 9.59 Å². The maximum absolute atomic E-state index is 12.1. The van der Waals surface area contributed by atoms with Gasteiger partial charge in [-0.2, -0.15) is 0 Å². The summed E-state index contributed by atoms with van der Waals surface area (Å²) < 4.78 is 0. The number of nitrogens with zero attached hydrogens (tertiary/aromatic N) is 1. The van der Waals surface area contributed by atoms with Gasteiger partial charge < -0.3 is 16.0 Å². The van der Waals surface area contributed by atoms with Crippen LogP contribution in [-0.4, -0.2) is 30.3 Å². The number of carbonyl (C=O) groups excluding carboxylic acids is 2. The topological polar surface area (TPSA) is 75.4 Å². The fraction of sp³-hybridized carbons (Fsp3) is 0.263. The van der Waals surface area contributed by atoms with Crippen LogP contribution in [0.25, 0.3) is 0 Å². The molecule has 0 radical (unpaired) electrons. The Morgan fingerprint density at radius 1 is 1.08 bits per heavy atom. The van der Waals surface area contributed by atoms with Crippen molar-refractivity contribution in [3.8, 4) is 0 Å². The molecule has 2 aromatic carbocycles. The fourth-order valence-corrected chi connectivity index (χ4v) is 2.28. The second-order valence-corrected chi connectivity index (χ2v) is 5.84. The summed E-state index contributed by atoms with van der Waals surface area (Å²) in [5, 5.41) is 2.61. The quantitative estimate of drug-likeness (QED) is 0.850. The molecule has 2 aromatic rings. The molecule has 0 bridgehead atoms. The highest BCUT2D eigenvalue weighted by atomic mass is 16.2. The smallest absolute Gasteiger partial charge is 0.242 e. The summed E-state index contributed by atoms with van der Waals surface area (Å²) in [6.07, 6.45) is 0. The Labute approximate surface area is 142 Å². The van der Waals surface area contributed by atoms with Gasteiger partial charge in [0.25, 0.3) is 0 Å². The van der Waals surface area contributed by atoms with Gasteiger partial charge in [-0.1, -0.05) is 60.2 Å². The van der Waals surface area contributed by atoms with Crippen LogP contribution in [0.2, 0.25) is 0 Å². The standard InChI is InChI=1S/C19H23N3O2/c1-14-8-10-16(11-9-14)18(20)19(24)21-12-17(23)22(2)13-15-6-4-3-5-7-15/h3-11,18H,12-13,20H2,1-2H3,(H,21,24). The SMILES string of the molecule is Cc1ccc(C(N)C(=O)NCC(=O)N(C)Cc2ccccc2)cc1. The highest BCUT2D eigenvalue weighted by molar-refractivity contribution is 5.88. The van der Waals surface area contributed by atoms with Crippen molar-refractivity contribution in [1.29, 1.82) is 0 Å². The summed E-state index contributed by atoms with van der Waals surface area (Å²) in [6, 6.07) is 16.4. The van der Waals surface area contributed by atoms with Gasteiger partial charge in [0.05, 0.1) is 6.54 Å². The highest BCUT2D eigenvalue weighted by Crippen LogP contribution is 2.11. The van der Waals surface area contributed by atoms with Gasteiger partial charge in [-0.15, -0.1) is 0 Å². The number of nitrogens with one attached hydrogen (secondary N) is 1. The van der Waals surface area contributed by atoms with Gasteiger partial charge in [-0.05, 0) is 18.1 Å². The Kier molecular flexibility index (Phi) is 6.09. The molecule has 2 rings (SSSR count). The van der Waals surface area contributed by atoms with Crippen molar-refractivity contribution in [2.24, 2.45) is 5.73 Å². The Bertz CT molecular complexity index is 684. The minimum atomic E-state index is -0.780. The second-order valence-electron chi connectivity index (χ2n) is 5.84. The number of aryl methyl sites for hydroxylation is 1. The first-order chi connectivity index (χ1) is 11.5. The van der Waals surface area contributed by atoms with Gasteiger partial charge in [0.2, 0.25) is 11.8 Å². The van der Waals surface area contributed by atoms with Crippen LogP contribution >= 0.6 is 0 Å². The predicted octanol–water partition coefficient (Wildman–Crippen LogP) is 1.77. The third-order valence-corrected chi connectivity index (χ3v) is 3.82. The number of rotatable bonds is 6. The molecule has 0 aliphatic carbocycles. The van der Waals surface area contributed by atoms with Crippen LogP contribution in [0.5, 0.6) is 0 Å². The number of likely N-dealkylation sites (N-methyl/N-ethyl adjacent to an activating group) is 1. The molecule has 24 heavy (non-hydrogen) atoms. The summed E-state index contributed by atoms with van der Waals surface area (Å²) in [4.78, 5) is 25.8. The van der Waals surface area contributed by atoms with E-state index in [-0.39, 0.29) is 18.4 Å². The third kappa shape index (κ3) is 4.93. The van der Waals surface area contributed by atoms with Crippen molar-refractivity contribution in [2.75, 3.05) is 13.6 Å². The van der Waals surface area contributed by atoms with E-state index in [2.05, 4.69) is 5.32 Å². The zero-order chi connectivity index (χ0) is 17.5. The maximum atomic E-state index is 12.1. The number of hydrogen-bond donors (Lipinski definition) is 2. The lowest BCUT2D eigenvalue weighted by molar-refractivity contribution is -0.132. The molecule has 126 valence electrons. The molecule has 1 unspecified atom stereocenters. The van der Waals surface area contributed by atoms with Crippen LogP contribution in [0.15, 0.2) is 54.6 Å². The molecule has 1 atom stereocenters. The van der Waals surface area contributed by atoms with Crippen molar-refractivity contribution in [2.45, 2.75) is 19.5 Å². The zero-order valence-corrected chi connectivity index (χ0v) is 14.0. The zero-order valence-electron chi connectivity index (χ0n) is 14.0. The summed E-state index contributed by atoms with van der Waals surface area (Å²) in [7, 11) is 1.71. The Morgan fingerprint density at radius 3 is 2.33 bits per heavy atom. The lowest BCUT2D eigenvalue weighted by atomic mass is 10.1. The number of amides is 2. The van der Waals surface area contributed by atoms with Crippen LogP contribution in [-0.2, 0) is 16.1 Å². The first-order valence-electron chi connectivity index (χ1n) is 7.85. The highest BCUT2D eigenvalue weighted by Gasteiger charge is 2.17. The van der Waals surface area contributed by atoms with Gasteiger partial charge in [0.15, 0.2) is 0 Å². The molecule has 3 N–H and O–H groups in total. The van der Waals surface area contributed by atoms with Gasteiger partial charge in [-0.3, -0.25) is 9.59 Å². The lowest BCUT2D eigenvalue weighted by Gasteiger charge is -2.18. The van der Waals surface area contributed by atoms with Crippen LogP contribution in [0.4, 0.5) is 0 Å². The summed E-state index contributed by atoms with van der Waals surface area (Å²) in [5.74, 6) is -0.524. The summed E-state index contributed by atoms with van der Waals surface area (Å²) in [5.41, 5.74) is 8.80. The van der Waals surface area contributed by atoms with E-state index in [0.717, 1.165) is 16.7 Å². The summed E-state index contributed by atoms with van der Waals surface area (Å²) >= 11 is 0. The van der Waals surface area contributed by atoms with Gasteiger partial charge >= 0.3 is 0 Å². The predicted molar refractivity (Wildman–Crippen MR) is 94.0 cm³/mol. The van der Waals surface area contributed by atoms with Crippen LogP contribution in [0.3, 0.4) is 0 Å². The Balaban J connectivity index is 1.84. The van der Waals surface area contributed by atoms with Crippen molar-refractivity contribution < 1.29 is 9.59 Å². The first kappa shape index (κ1) is 17.7. The van der Waals surface area contributed by atoms with E-state index in [1.54, 1.807) is 11.9 Å². The van der Waals surface area contributed by atoms with E-state index in [1.165, 1.54) is 0 Å². The number of carbonyl (C=O) groups is 2. The average Bonchev–Trinajstić information content (AvgIpc) is 2.60. The molecule has 0 saturated heterocycles. The minimum Gasteiger partial charge on any atom is -0.345 e. The molecule has 5 nitrogen and oxygen atoms in total. The Morgan fingerprint density at radius 2 is 1.71 bits per heavy atom. The van der Waals surface area contributed by atoms with E-state index in [4.69, 9.17) is 5.73 Å². The van der Waals surface area contributed by atoms with Crippen LogP contribution in [0.1, 0.15) is 22.7 Å². The lowest BCUT2D eigenvalue weighted by Crippen LogP contribution is -2.41. The largest absolute Gasteiger partial charge is 0.345 e. The van der Waals surface area contributed by atoms with Crippen molar-refractivity contribution in [1.82, 2.24) is 10.2 Å². The van der Waals surface area contributed by atoms with Crippen molar-refractivity contribution in [3.63, 3.8) is 0 Å². The fourth-order valence-electron chi connectivity index (χ4n) is 2.28. The molecule has 0 aliphatic rings. The van der Waals surface area contributed by atoms with Gasteiger partial charge in [0, 0.05) is 13.6 Å². The van der Waals surface area contributed by atoms with Crippen LogP contribution < -0.4 is 11.1 Å². The molecule has 0 saturated carbocycles. The third-order valence-electron chi connectivity index (χ3n) is 3.82. The molecule has 5 heteroatoms. The van der Waals surface area contributed by atoms with E-state index in [1.807, 2.05) is 61.5 Å². The molecule has 2 amide bonds. The molecule has 0 fully saturated rings. The van der Waals surface area contributed by atoms with E-state index < -0.39 is 6.04 Å². The maximum Gasteiger partial charge on any atom is 0.242 e. The van der Waals surface area contributed by atoms with E-state index in [0.29, 0.717) is 6.54 Å². The Hall–Kier alpha value is -2.66. The van der Waals surface area contributed by atoms with E-state index >= 15 is 0 Å². The van der Waals surface area contributed by atoms with Gasteiger partial charge in [-0.25, -0.2) is 0 Å². The number of benzene rings is 2. The first-order valence-corrected chi connectivity index (χ1v) is 7.85. The normalized spacial score (nSPS) is 11.6. The molecule has 0 aromatic heterocycles. The minimum absolute atomic E-state index is 0.0677.